The van der Waals surface area contributed by atoms with Crippen molar-refractivity contribution in [3.8, 4) is 45.6 Å². The molecule has 0 saturated carbocycles. The molecule has 8 aromatic carbocycles. The third-order valence-corrected chi connectivity index (χ3v) is 12.3. The molecule has 0 N–H and O–H groups in total. The zero-order valence-electron chi connectivity index (χ0n) is 33.1. The van der Waals surface area contributed by atoms with Crippen LogP contribution in [0.2, 0.25) is 0 Å². The number of carboxylic acids is 1. The van der Waals surface area contributed by atoms with Crippen LogP contribution in [0.3, 0.4) is 0 Å². The molecule has 2 aromatic heterocycles. The van der Waals surface area contributed by atoms with Crippen LogP contribution in [0.25, 0.3) is 44.0 Å². The maximum absolute atomic E-state index is 12.8. The van der Waals surface area contributed by atoms with Crippen molar-refractivity contribution >= 4 is 38.9 Å². The summed E-state index contributed by atoms with van der Waals surface area (Å²) in [6.45, 7) is 0. The Labute approximate surface area is 370 Å². The van der Waals surface area contributed by atoms with Gasteiger partial charge in [-0.1, -0.05) is 97.1 Å². The number of para-hydroxylation sites is 4. The molecule has 63 heavy (non-hydrogen) atoms. The fraction of sp³-hybridized carbons (Fsp3) is 0. The van der Waals surface area contributed by atoms with Gasteiger partial charge in [0, 0.05) is 34.7 Å². The predicted molar refractivity (Wildman–Crippen MR) is 236 cm³/mol. The Kier molecular flexibility index (Phi) is 11.8. The molecule has 0 aliphatic rings. The van der Waals surface area contributed by atoms with E-state index in [-0.39, 0.29) is 33.9 Å². The van der Waals surface area contributed by atoms with Crippen LogP contribution in [0, 0.1) is 7.14 Å². The number of fused-ring (bicyclic) bond motifs is 3. The van der Waals surface area contributed by atoms with Gasteiger partial charge in [0.25, 0.3) is 0 Å². The Morgan fingerprint density at radius 2 is 1.02 bits per heavy atom. The van der Waals surface area contributed by atoms with Gasteiger partial charge < -0.3 is 32.9 Å². The van der Waals surface area contributed by atoms with Crippen LogP contribution in [-0.4, -0.2) is 5.97 Å². The van der Waals surface area contributed by atoms with E-state index < -0.39 is 27.2 Å². The molecule has 0 aliphatic heterocycles. The Morgan fingerprint density at radius 3 is 1.68 bits per heavy atom. The summed E-state index contributed by atoms with van der Waals surface area (Å²) < 4.78 is 32.2. The van der Waals surface area contributed by atoms with Gasteiger partial charge >= 0.3 is 26.8 Å². The van der Waals surface area contributed by atoms with E-state index in [9.17, 15) is 19.5 Å². The van der Waals surface area contributed by atoms with Crippen LogP contribution in [0.1, 0.15) is 10.4 Å². The van der Waals surface area contributed by atoms with E-state index in [1.807, 2.05) is 133 Å². The fourth-order valence-corrected chi connectivity index (χ4v) is 9.16. The highest BCUT2D eigenvalue weighted by molar-refractivity contribution is 5.99. The van der Waals surface area contributed by atoms with Crippen molar-refractivity contribution in [1.82, 2.24) is 0 Å². The van der Waals surface area contributed by atoms with Gasteiger partial charge in [0.1, 0.15) is 34.0 Å². The Balaban J connectivity index is 0.000000166. The van der Waals surface area contributed by atoms with Crippen LogP contribution >= 0.6 is 0 Å². The highest BCUT2D eigenvalue weighted by Crippen LogP contribution is 2.51. The van der Waals surface area contributed by atoms with Crippen LogP contribution in [0.4, 0.5) is 0 Å². The summed E-state index contributed by atoms with van der Waals surface area (Å²) in [4.78, 5) is 36.7. The van der Waals surface area contributed by atoms with E-state index in [4.69, 9.17) is 23.0 Å². The molecule has 0 amide bonds. The van der Waals surface area contributed by atoms with Crippen molar-refractivity contribution in [3.63, 3.8) is 0 Å². The zero-order valence-corrected chi connectivity index (χ0v) is 35.3. The number of carbonyl (C=O) groups excluding carboxylic acids is 1. The lowest BCUT2D eigenvalue weighted by Gasteiger charge is -2.23. The number of carboxylic acid groups (broad SMARTS) is 1. The molecular formula is C53H33IO9. The molecule has 0 saturated heterocycles. The van der Waals surface area contributed by atoms with Crippen LogP contribution in [0.15, 0.2) is 219 Å². The van der Waals surface area contributed by atoms with Gasteiger partial charge in [-0.2, -0.15) is 0 Å². The minimum atomic E-state index is -1.36. The van der Waals surface area contributed by atoms with Gasteiger partial charge in [-0.05, 0) is 90.5 Å². The average molecular weight is 941 g/mol. The lowest BCUT2D eigenvalue weighted by atomic mass is 9.97. The highest BCUT2D eigenvalue weighted by Gasteiger charge is 2.26. The second-order valence-corrected chi connectivity index (χ2v) is 17.0. The first-order chi connectivity index (χ1) is 30.9. The molecule has 0 unspecified atom stereocenters. The summed E-state index contributed by atoms with van der Waals surface area (Å²) in [5, 5.41) is 14.5. The molecule has 2 heterocycles. The zero-order chi connectivity index (χ0) is 43.1. The Bertz CT molecular complexity index is 3350. The number of hydrogen-bond acceptors (Lipinski definition) is 9. The molecule has 10 heteroatoms. The summed E-state index contributed by atoms with van der Waals surface area (Å²) in [5.74, 6) is 0.799. The first kappa shape index (κ1) is 40.4. The number of benzene rings is 8. The number of carbonyl (C=O) groups is 1. The molecular weight excluding hydrogens is 907 g/mol. The normalized spacial score (nSPS) is 10.9. The number of hydrogen-bond donors (Lipinski definition) is 0. The first-order valence-corrected chi connectivity index (χ1v) is 21.8. The summed E-state index contributed by atoms with van der Waals surface area (Å²) >= 11 is -0.530. The fourth-order valence-electron chi connectivity index (χ4n) is 6.82. The summed E-state index contributed by atoms with van der Waals surface area (Å²) in [6.07, 6.45) is 0. The number of rotatable bonds is 10. The largest absolute Gasteiger partial charge is 0.545 e. The SMILES string of the molecule is O=C([O-])c1cc(Oc2ccccc2)c(Oc2ccccc2)c(Oc2ccccc2)c1-c1ccccc1.O=c1ccc2ccc([I+]c3ccc4oc5ccccc5c(=O)c4c3)cc2o1. The van der Waals surface area contributed by atoms with Crippen molar-refractivity contribution < 1.29 is 54.2 Å². The van der Waals surface area contributed by atoms with Gasteiger partial charge in [-0.3, -0.25) is 4.79 Å². The number of halogens is 1. The maximum Gasteiger partial charge on any atom is 0.358 e. The molecule has 0 aliphatic carbocycles. The average Bonchev–Trinajstić information content (AvgIpc) is 3.31. The number of aromatic carboxylic acids is 1. The molecule has 10 aromatic rings. The quantitative estimate of drug-likeness (QED) is 0.0757. The molecule has 0 spiro atoms. The topological polar surface area (TPSA) is 128 Å². The van der Waals surface area contributed by atoms with Crippen LogP contribution in [0.5, 0.6) is 34.5 Å². The highest BCUT2D eigenvalue weighted by atomic mass is 127. The standard InChI is InChI=1S/C31H22O5.C22H12IO4/c32-31(33)26-21-27(34-23-15-7-2-8-16-23)29(35-24-17-9-3-10-18-24)30(36-25-19-11-4-12-20-25)28(26)22-13-5-1-6-14-22;24-21-10-6-13-5-7-15(12-20(13)27-21)23-14-8-9-19-17(11-14)22(25)16-3-1-2-4-18(16)26-19/h1-21H,(H,32,33);1-12H/q;+1/p-1. The van der Waals surface area contributed by atoms with E-state index in [0.717, 1.165) is 12.5 Å². The second-order valence-electron chi connectivity index (χ2n) is 14.0. The summed E-state index contributed by atoms with van der Waals surface area (Å²) in [7, 11) is 0. The van der Waals surface area contributed by atoms with Gasteiger partial charge in [-0.15, -0.1) is 0 Å². The molecule has 0 atom stereocenters. The summed E-state index contributed by atoms with van der Waals surface area (Å²) in [5.41, 5.74) is 2.29. The molecule has 0 bridgehead atoms. The Morgan fingerprint density at radius 1 is 0.476 bits per heavy atom. The van der Waals surface area contributed by atoms with E-state index in [2.05, 4.69) is 0 Å². The first-order valence-electron chi connectivity index (χ1n) is 19.7. The molecule has 0 fully saturated rings. The van der Waals surface area contributed by atoms with Gasteiger partial charge in [0.2, 0.25) is 11.2 Å². The van der Waals surface area contributed by atoms with Crippen molar-refractivity contribution in [2.75, 3.05) is 0 Å². The van der Waals surface area contributed by atoms with Crippen molar-refractivity contribution in [2.45, 2.75) is 0 Å². The lowest BCUT2D eigenvalue weighted by molar-refractivity contribution is -0.597. The van der Waals surface area contributed by atoms with E-state index in [1.54, 1.807) is 54.6 Å². The second kappa shape index (κ2) is 18.3. The molecule has 306 valence electrons. The monoisotopic (exact) mass is 940 g/mol. The van der Waals surface area contributed by atoms with E-state index in [0.29, 0.717) is 55.9 Å². The van der Waals surface area contributed by atoms with Crippen molar-refractivity contribution in [3.05, 3.63) is 234 Å². The predicted octanol–water partition coefficient (Wildman–Crippen LogP) is 8.28. The van der Waals surface area contributed by atoms with Crippen molar-refractivity contribution in [2.24, 2.45) is 0 Å². The lowest BCUT2D eigenvalue weighted by Crippen LogP contribution is -3.61. The third-order valence-electron chi connectivity index (χ3n) is 9.72. The van der Waals surface area contributed by atoms with E-state index in [1.165, 1.54) is 12.1 Å². The molecule has 0 radical (unpaired) electrons. The van der Waals surface area contributed by atoms with E-state index >= 15 is 0 Å². The van der Waals surface area contributed by atoms with Gasteiger partial charge in [0.15, 0.2) is 18.6 Å². The Hall–Kier alpha value is -7.96. The molecule has 9 nitrogen and oxygen atoms in total. The van der Waals surface area contributed by atoms with Crippen molar-refractivity contribution in [1.29, 1.82) is 0 Å². The van der Waals surface area contributed by atoms with Gasteiger partial charge in [0.05, 0.1) is 16.7 Å². The van der Waals surface area contributed by atoms with Crippen LogP contribution in [-0.2, 0) is 0 Å². The number of ether oxygens (including phenoxy) is 3. The minimum Gasteiger partial charge on any atom is -0.545 e. The minimum absolute atomic E-state index is 0.0118. The van der Waals surface area contributed by atoms with Gasteiger partial charge in [-0.25, -0.2) is 4.79 Å². The molecule has 10 rings (SSSR count). The summed E-state index contributed by atoms with van der Waals surface area (Å²) in [6, 6.07) is 60.0. The van der Waals surface area contributed by atoms with Crippen LogP contribution < -0.4 is 51.6 Å². The smallest absolute Gasteiger partial charge is 0.358 e. The maximum atomic E-state index is 12.8. The third kappa shape index (κ3) is 9.21.